The fraction of sp³-hybridized carbons (Fsp3) is 0.395. The van der Waals surface area contributed by atoms with Gasteiger partial charge in [0.15, 0.2) is 11.6 Å². The lowest BCUT2D eigenvalue weighted by Gasteiger charge is -2.28. The second kappa shape index (κ2) is 16.0. The third-order valence-electron chi connectivity index (χ3n) is 8.66. The predicted molar refractivity (Wildman–Crippen MR) is 203 cm³/mol. The summed E-state index contributed by atoms with van der Waals surface area (Å²) in [6.07, 6.45) is -3.31. The number of aromatic nitrogens is 4. The summed E-state index contributed by atoms with van der Waals surface area (Å²) in [7, 11) is -1.45. The molecular formula is C38H47F3N4O6Si2. The van der Waals surface area contributed by atoms with Gasteiger partial charge in [0.2, 0.25) is 5.60 Å². The van der Waals surface area contributed by atoms with Crippen molar-refractivity contribution in [3.63, 3.8) is 0 Å². The Kier molecular flexibility index (Phi) is 12.0. The lowest BCUT2D eigenvalue weighted by Crippen LogP contribution is -2.44. The van der Waals surface area contributed by atoms with Crippen molar-refractivity contribution in [3.8, 4) is 22.9 Å². The zero-order valence-electron chi connectivity index (χ0n) is 31.2. The van der Waals surface area contributed by atoms with E-state index in [1.165, 1.54) is 36.1 Å². The minimum absolute atomic E-state index is 0.0203. The van der Waals surface area contributed by atoms with Gasteiger partial charge >= 0.3 is 12.1 Å². The largest absolute Gasteiger partial charge is 0.465 e. The van der Waals surface area contributed by atoms with Crippen LogP contribution in [0.25, 0.3) is 22.3 Å². The minimum Gasteiger partial charge on any atom is -0.465 e. The highest BCUT2D eigenvalue weighted by Gasteiger charge is 2.59. The Morgan fingerprint density at radius 2 is 1.51 bits per heavy atom. The number of alkyl halides is 3. The Balaban J connectivity index is 1.50. The molecule has 2 heterocycles. The Morgan fingerprint density at radius 3 is 2.13 bits per heavy atom. The second-order valence-electron chi connectivity index (χ2n) is 15.3. The summed E-state index contributed by atoms with van der Waals surface area (Å²) in [4.78, 5) is 17.4. The average molecular weight is 769 g/mol. The highest BCUT2D eigenvalue weighted by molar-refractivity contribution is 6.76. The van der Waals surface area contributed by atoms with Crippen LogP contribution in [0.15, 0.2) is 79.0 Å². The normalized spacial score (nSPS) is 13.6. The maximum atomic E-state index is 14.7. The van der Waals surface area contributed by atoms with Crippen LogP contribution in [0.2, 0.25) is 51.4 Å². The van der Waals surface area contributed by atoms with E-state index < -0.39 is 45.3 Å². The molecule has 0 amide bonds. The Bertz CT molecular complexity index is 2020. The van der Waals surface area contributed by atoms with Crippen LogP contribution in [0.3, 0.4) is 0 Å². The van der Waals surface area contributed by atoms with Crippen LogP contribution < -0.4 is 4.74 Å². The van der Waals surface area contributed by atoms with Crippen LogP contribution in [0.5, 0.6) is 11.5 Å². The minimum atomic E-state index is -5.15. The standard InChI is InChI=1S/C38H47F3N4O6Si2/c1-48-35(46)33-30-18-19-44(25-49-20-22-52(2,3)4)31(30)16-17-32(33)51-29-15-11-12-27(24-29)34-42-36(43-45(34)26-50-21-23-53(5,6)7)37(47,38(39,40)41)28-13-9-8-10-14-28/h8-19,24,47H,20-23,25-26H2,1-7H3. The van der Waals surface area contributed by atoms with Gasteiger partial charge in [-0.15, -0.1) is 5.10 Å². The van der Waals surface area contributed by atoms with Crippen LogP contribution >= 0.6 is 0 Å². The fourth-order valence-corrected chi connectivity index (χ4v) is 7.07. The first-order valence-corrected chi connectivity index (χ1v) is 24.8. The molecule has 2 aromatic heterocycles. The maximum Gasteiger partial charge on any atom is 0.429 e. The molecular weight excluding hydrogens is 722 g/mol. The summed E-state index contributed by atoms with van der Waals surface area (Å²) in [6.45, 7) is 14.5. The SMILES string of the molecule is COC(=O)c1c(Oc2cccc(-c3nc(C(O)(c4ccccc4)C(F)(F)F)nn3COCC[Si](C)(C)C)c2)ccc2c1ccn2COCC[Si](C)(C)C. The molecule has 284 valence electrons. The Hall–Kier alpha value is -4.29. The van der Waals surface area contributed by atoms with Crippen molar-refractivity contribution in [1.82, 2.24) is 19.3 Å². The van der Waals surface area contributed by atoms with E-state index in [0.717, 1.165) is 17.6 Å². The number of halogens is 3. The van der Waals surface area contributed by atoms with E-state index in [9.17, 15) is 23.1 Å². The van der Waals surface area contributed by atoms with E-state index in [4.69, 9.17) is 18.9 Å². The van der Waals surface area contributed by atoms with Gasteiger partial charge in [-0.1, -0.05) is 81.7 Å². The monoisotopic (exact) mass is 768 g/mol. The van der Waals surface area contributed by atoms with Crippen LogP contribution in [0.1, 0.15) is 21.7 Å². The fourth-order valence-electron chi connectivity index (χ4n) is 5.56. The van der Waals surface area contributed by atoms with E-state index in [2.05, 4.69) is 49.4 Å². The summed E-state index contributed by atoms with van der Waals surface area (Å²) < 4.78 is 70.4. The molecule has 1 N–H and O–H groups in total. The molecule has 0 aliphatic carbocycles. The van der Waals surface area contributed by atoms with Gasteiger partial charge < -0.3 is 28.6 Å². The Morgan fingerprint density at radius 1 is 0.849 bits per heavy atom. The molecule has 0 spiro atoms. The quantitative estimate of drug-likeness (QED) is 0.0603. The average Bonchev–Trinajstić information content (AvgIpc) is 3.72. The number of nitrogens with zero attached hydrogens (tertiary/aromatic N) is 4. The molecule has 0 fully saturated rings. The van der Waals surface area contributed by atoms with Gasteiger partial charge in [0.05, 0.1) is 12.6 Å². The number of carbonyl (C=O) groups excluding carboxylic acids is 1. The predicted octanol–water partition coefficient (Wildman–Crippen LogP) is 8.90. The van der Waals surface area contributed by atoms with E-state index in [0.29, 0.717) is 30.9 Å². The molecule has 1 atom stereocenters. The summed E-state index contributed by atoms with van der Waals surface area (Å²) in [5, 5.41) is 16.1. The van der Waals surface area contributed by atoms with Crippen molar-refractivity contribution in [1.29, 1.82) is 0 Å². The molecule has 0 bridgehead atoms. The molecule has 0 saturated heterocycles. The number of fused-ring (bicyclic) bond motifs is 1. The van der Waals surface area contributed by atoms with Gasteiger partial charge in [-0.05, 0) is 42.4 Å². The number of rotatable bonds is 16. The van der Waals surface area contributed by atoms with E-state index in [-0.39, 0.29) is 29.6 Å². The summed E-state index contributed by atoms with van der Waals surface area (Å²) in [5.74, 6) is -0.950. The van der Waals surface area contributed by atoms with Crippen molar-refractivity contribution in [3.05, 3.63) is 95.9 Å². The van der Waals surface area contributed by atoms with Gasteiger partial charge in [-0.25, -0.2) is 14.5 Å². The number of ether oxygens (including phenoxy) is 4. The number of benzene rings is 3. The van der Waals surface area contributed by atoms with Gasteiger partial charge in [0.25, 0.3) is 0 Å². The molecule has 3 aromatic carbocycles. The molecule has 10 nitrogen and oxygen atoms in total. The van der Waals surface area contributed by atoms with Crippen molar-refractivity contribution in [2.75, 3.05) is 20.3 Å². The van der Waals surface area contributed by atoms with Gasteiger partial charge in [0, 0.05) is 52.1 Å². The van der Waals surface area contributed by atoms with E-state index >= 15 is 0 Å². The molecule has 0 saturated carbocycles. The zero-order chi connectivity index (χ0) is 38.6. The number of hydrogen-bond acceptors (Lipinski definition) is 8. The van der Waals surface area contributed by atoms with Crippen LogP contribution in [0, 0.1) is 0 Å². The van der Waals surface area contributed by atoms with Crippen molar-refractivity contribution in [2.24, 2.45) is 0 Å². The number of methoxy groups -OCH3 is 1. The summed E-state index contributed by atoms with van der Waals surface area (Å²) in [6, 6.07) is 20.4. The number of carbonyl (C=O) groups is 1. The third-order valence-corrected chi connectivity index (χ3v) is 12.1. The van der Waals surface area contributed by atoms with Crippen LogP contribution in [-0.2, 0) is 33.3 Å². The molecule has 1 unspecified atom stereocenters. The maximum absolute atomic E-state index is 14.7. The van der Waals surface area contributed by atoms with Crippen molar-refractivity contribution in [2.45, 2.75) is 76.6 Å². The molecule has 15 heteroatoms. The van der Waals surface area contributed by atoms with Gasteiger partial charge in [-0.3, -0.25) is 0 Å². The lowest BCUT2D eigenvalue weighted by atomic mass is 9.92. The van der Waals surface area contributed by atoms with Crippen molar-refractivity contribution < 1.29 is 42.0 Å². The molecule has 0 aliphatic heterocycles. The van der Waals surface area contributed by atoms with Crippen LogP contribution in [0.4, 0.5) is 13.2 Å². The van der Waals surface area contributed by atoms with Crippen LogP contribution in [-0.4, -0.2) is 73.1 Å². The highest BCUT2D eigenvalue weighted by Crippen LogP contribution is 2.43. The lowest BCUT2D eigenvalue weighted by molar-refractivity contribution is -0.251. The smallest absolute Gasteiger partial charge is 0.429 e. The van der Waals surface area contributed by atoms with E-state index in [1.807, 2.05) is 16.8 Å². The van der Waals surface area contributed by atoms with Gasteiger partial charge in [-0.2, -0.15) is 13.2 Å². The molecule has 5 rings (SSSR count). The summed E-state index contributed by atoms with van der Waals surface area (Å²) in [5.41, 5.74) is -2.62. The first-order valence-electron chi connectivity index (χ1n) is 17.4. The second-order valence-corrected chi connectivity index (χ2v) is 26.5. The highest BCUT2D eigenvalue weighted by atomic mass is 28.3. The number of aliphatic hydroxyl groups is 1. The van der Waals surface area contributed by atoms with E-state index in [1.54, 1.807) is 42.5 Å². The number of hydrogen-bond donors (Lipinski definition) is 1. The van der Waals surface area contributed by atoms with Crippen molar-refractivity contribution >= 4 is 33.0 Å². The Labute approximate surface area is 309 Å². The third kappa shape index (κ3) is 9.45. The first kappa shape index (κ1) is 39.9. The molecule has 53 heavy (non-hydrogen) atoms. The topological polar surface area (TPSA) is 110 Å². The summed E-state index contributed by atoms with van der Waals surface area (Å²) >= 11 is 0. The first-order chi connectivity index (χ1) is 24.9. The number of esters is 1. The van der Waals surface area contributed by atoms with Gasteiger partial charge in [0.1, 0.15) is 30.5 Å². The molecule has 0 aliphatic rings. The zero-order valence-corrected chi connectivity index (χ0v) is 33.2. The molecule has 5 aromatic rings. The molecule has 0 radical (unpaired) electrons.